The third kappa shape index (κ3) is 1.03. The first-order valence-electron chi connectivity index (χ1n) is 5.13. The Kier molecular flexibility index (Phi) is 1.55. The summed E-state index contributed by atoms with van der Waals surface area (Å²) in [6.07, 6.45) is 2.38. The Morgan fingerprint density at radius 3 is 3.07 bits per heavy atom. The van der Waals surface area contributed by atoms with Crippen molar-refractivity contribution in [3.63, 3.8) is 0 Å². The first kappa shape index (κ1) is 8.16. The first-order chi connectivity index (χ1) is 6.74. The second kappa shape index (κ2) is 2.66. The van der Waals surface area contributed by atoms with Gasteiger partial charge in [-0.1, -0.05) is 24.5 Å². The highest BCUT2D eigenvalue weighted by Crippen LogP contribution is 2.32. The molecule has 0 spiro atoms. The Bertz CT molecular complexity index is 498. The Hall–Kier alpha value is -1.18. The van der Waals surface area contributed by atoms with E-state index in [0.29, 0.717) is 0 Å². The van der Waals surface area contributed by atoms with Crippen molar-refractivity contribution in [3.05, 3.63) is 29.5 Å². The Labute approximate surface area is 84.9 Å². The molecule has 1 nitrogen and oxygen atoms in total. The minimum absolute atomic E-state index is 0.780. The van der Waals surface area contributed by atoms with Gasteiger partial charge in [0.2, 0.25) is 0 Å². The second-order valence-corrected chi connectivity index (χ2v) is 4.40. The van der Waals surface area contributed by atoms with Crippen LogP contribution in [-0.4, -0.2) is 12.8 Å². The van der Waals surface area contributed by atoms with Crippen LogP contribution in [0.15, 0.2) is 18.2 Å². The highest BCUT2D eigenvalue weighted by molar-refractivity contribution is 6.33. The number of hydrogen-bond donors (Lipinski definition) is 1. The predicted octanol–water partition coefficient (Wildman–Crippen LogP) is 1.70. The van der Waals surface area contributed by atoms with Gasteiger partial charge < -0.3 is 4.98 Å². The minimum atomic E-state index is 0.780. The topological polar surface area (TPSA) is 15.8 Å². The zero-order chi connectivity index (χ0) is 9.71. The van der Waals surface area contributed by atoms with Crippen LogP contribution < -0.4 is 5.46 Å². The lowest BCUT2D eigenvalue weighted by Crippen LogP contribution is -2.00. The number of rotatable bonds is 0. The predicted molar refractivity (Wildman–Crippen MR) is 60.3 cm³/mol. The lowest BCUT2D eigenvalue weighted by molar-refractivity contribution is 0.623. The van der Waals surface area contributed by atoms with Crippen molar-refractivity contribution in [2.24, 2.45) is 5.92 Å². The molecule has 0 saturated heterocycles. The van der Waals surface area contributed by atoms with Gasteiger partial charge in [0.25, 0.3) is 0 Å². The van der Waals surface area contributed by atoms with Crippen molar-refractivity contribution < 1.29 is 0 Å². The number of aromatic nitrogens is 1. The van der Waals surface area contributed by atoms with Gasteiger partial charge in [0.05, 0.1) is 0 Å². The molecule has 1 N–H and O–H groups in total. The fourth-order valence-corrected chi connectivity index (χ4v) is 2.50. The van der Waals surface area contributed by atoms with E-state index in [-0.39, 0.29) is 0 Å². The highest BCUT2D eigenvalue weighted by atomic mass is 14.7. The zero-order valence-electron chi connectivity index (χ0n) is 8.30. The average Bonchev–Trinajstić information content (AvgIpc) is 2.62. The number of benzene rings is 1. The smallest absolute Gasteiger partial charge is 0.113 e. The quantitative estimate of drug-likeness (QED) is 0.595. The van der Waals surface area contributed by atoms with Gasteiger partial charge in [-0.3, -0.25) is 0 Å². The summed E-state index contributed by atoms with van der Waals surface area (Å²) in [5.74, 6) is 0.780. The van der Waals surface area contributed by atoms with Crippen LogP contribution in [0.3, 0.4) is 0 Å². The Morgan fingerprint density at radius 1 is 1.36 bits per heavy atom. The van der Waals surface area contributed by atoms with E-state index in [1.807, 2.05) is 6.07 Å². The largest absolute Gasteiger partial charge is 0.358 e. The molecule has 68 valence electrons. The van der Waals surface area contributed by atoms with Crippen molar-refractivity contribution in [2.75, 3.05) is 0 Å². The molecule has 1 atom stereocenters. The first-order valence-corrected chi connectivity index (χ1v) is 5.13. The van der Waals surface area contributed by atoms with E-state index in [0.717, 1.165) is 11.4 Å². The van der Waals surface area contributed by atoms with Gasteiger partial charge in [-0.05, 0) is 30.4 Å². The Balaban J connectivity index is 2.30. The summed E-state index contributed by atoms with van der Waals surface area (Å²) in [4.78, 5) is 3.48. The second-order valence-electron chi connectivity index (χ2n) is 4.40. The van der Waals surface area contributed by atoms with E-state index in [4.69, 9.17) is 7.85 Å². The summed E-state index contributed by atoms with van der Waals surface area (Å²) in [6.45, 7) is 2.30. The SMILES string of the molecule is [B]c1ccc2[nH]c3c(c2c1)CC(C)C3. The van der Waals surface area contributed by atoms with Gasteiger partial charge in [0, 0.05) is 16.6 Å². The summed E-state index contributed by atoms with van der Waals surface area (Å²) in [7, 11) is 5.80. The molecule has 1 aliphatic carbocycles. The molecule has 2 radical (unpaired) electrons. The fourth-order valence-electron chi connectivity index (χ4n) is 2.50. The van der Waals surface area contributed by atoms with Gasteiger partial charge in [0.1, 0.15) is 7.85 Å². The van der Waals surface area contributed by atoms with Crippen LogP contribution in [0.1, 0.15) is 18.2 Å². The zero-order valence-corrected chi connectivity index (χ0v) is 8.30. The van der Waals surface area contributed by atoms with Crippen LogP contribution in [0.5, 0.6) is 0 Å². The van der Waals surface area contributed by atoms with E-state index in [2.05, 4.69) is 24.0 Å². The van der Waals surface area contributed by atoms with Crippen LogP contribution in [0, 0.1) is 5.92 Å². The summed E-state index contributed by atoms with van der Waals surface area (Å²) >= 11 is 0. The van der Waals surface area contributed by atoms with Crippen LogP contribution in [0.4, 0.5) is 0 Å². The maximum atomic E-state index is 5.80. The molecule has 2 aromatic rings. The van der Waals surface area contributed by atoms with E-state index in [1.165, 1.54) is 35.0 Å². The van der Waals surface area contributed by atoms with Gasteiger partial charge in [0.15, 0.2) is 0 Å². The van der Waals surface area contributed by atoms with Crippen molar-refractivity contribution in [1.82, 2.24) is 4.98 Å². The third-order valence-corrected chi connectivity index (χ3v) is 3.12. The number of H-pyrrole nitrogens is 1. The van der Waals surface area contributed by atoms with Gasteiger partial charge in [-0.2, -0.15) is 0 Å². The van der Waals surface area contributed by atoms with E-state index >= 15 is 0 Å². The summed E-state index contributed by atoms with van der Waals surface area (Å²) < 4.78 is 0. The molecule has 1 unspecified atom stereocenters. The van der Waals surface area contributed by atoms with Crippen molar-refractivity contribution in [1.29, 1.82) is 0 Å². The van der Waals surface area contributed by atoms with E-state index in [1.54, 1.807) is 0 Å². The molecule has 1 heterocycles. The number of hydrogen-bond acceptors (Lipinski definition) is 0. The van der Waals surface area contributed by atoms with Crippen LogP contribution >= 0.6 is 0 Å². The highest BCUT2D eigenvalue weighted by Gasteiger charge is 2.21. The molecule has 0 fully saturated rings. The molecule has 0 aliphatic heterocycles. The monoisotopic (exact) mass is 181 g/mol. The summed E-state index contributed by atoms with van der Waals surface area (Å²) in [5, 5.41) is 1.32. The number of aromatic amines is 1. The molecule has 3 rings (SSSR count). The van der Waals surface area contributed by atoms with Crippen molar-refractivity contribution in [3.8, 4) is 0 Å². The standard InChI is InChI=1S/C12H12BN/c1-7-4-9-10-6-8(13)2-3-11(10)14-12(9)5-7/h2-3,6-7,14H,4-5H2,1H3. The maximum Gasteiger partial charge on any atom is 0.113 e. The molecule has 14 heavy (non-hydrogen) atoms. The van der Waals surface area contributed by atoms with Crippen LogP contribution in [0.2, 0.25) is 0 Å². The third-order valence-electron chi connectivity index (χ3n) is 3.12. The lowest BCUT2D eigenvalue weighted by Gasteiger charge is -2.00. The minimum Gasteiger partial charge on any atom is -0.358 e. The van der Waals surface area contributed by atoms with Crippen LogP contribution in [0.25, 0.3) is 10.9 Å². The van der Waals surface area contributed by atoms with Gasteiger partial charge >= 0.3 is 0 Å². The van der Waals surface area contributed by atoms with Crippen molar-refractivity contribution >= 4 is 24.2 Å². The lowest BCUT2D eigenvalue weighted by atomic mass is 9.94. The molecular formula is C12H12BN. The van der Waals surface area contributed by atoms with Crippen molar-refractivity contribution in [2.45, 2.75) is 19.8 Å². The molecular weight excluding hydrogens is 169 g/mol. The fraction of sp³-hybridized carbons (Fsp3) is 0.333. The maximum absolute atomic E-state index is 5.80. The molecule has 0 saturated carbocycles. The van der Waals surface area contributed by atoms with E-state index < -0.39 is 0 Å². The number of fused-ring (bicyclic) bond motifs is 3. The molecule has 0 amide bonds. The molecule has 0 bridgehead atoms. The number of nitrogens with one attached hydrogen (secondary N) is 1. The molecule has 1 aliphatic rings. The van der Waals surface area contributed by atoms with Crippen LogP contribution in [-0.2, 0) is 12.8 Å². The van der Waals surface area contributed by atoms with Gasteiger partial charge in [-0.25, -0.2) is 0 Å². The summed E-state index contributed by atoms with van der Waals surface area (Å²) in [5.41, 5.74) is 4.99. The normalized spacial score (nSPS) is 20.2. The molecule has 2 heteroatoms. The average molecular weight is 181 g/mol. The summed E-state index contributed by atoms with van der Waals surface area (Å²) in [6, 6.07) is 6.12. The molecule has 1 aromatic carbocycles. The Morgan fingerprint density at radius 2 is 2.21 bits per heavy atom. The van der Waals surface area contributed by atoms with Gasteiger partial charge in [-0.15, -0.1) is 0 Å². The molecule has 1 aromatic heterocycles. The van der Waals surface area contributed by atoms with E-state index in [9.17, 15) is 0 Å².